The predicted molar refractivity (Wildman–Crippen MR) is 152 cm³/mol. The van der Waals surface area contributed by atoms with E-state index in [1.165, 1.54) is 81.9 Å². The number of allylic oxidation sites excluding steroid dienone is 5. The first-order valence-corrected chi connectivity index (χ1v) is 13.3. The molecule has 1 saturated carbocycles. The first kappa shape index (κ1) is 21.5. The van der Waals surface area contributed by atoms with E-state index in [9.17, 15) is 0 Å². The minimum absolute atomic E-state index is 0.652. The van der Waals surface area contributed by atoms with E-state index in [1.807, 2.05) is 0 Å². The monoisotopic (exact) mass is 468 g/mol. The Hall–Kier alpha value is -3.78. The van der Waals surface area contributed by atoms with Gasteiger partial charge >= 0.3 is 0 Å². The maximum atomic E-state index is 2.64. The quantitative estimate of drug-likeness (QED) is 0.382. The molecule has 3 aromatic rings. The minimum atomic E-state index is 0.652. The van der Waals surface area contributed by atoms with Crippen LogP contribution in [-0.2, 0) is 0 Å². The zero-order chi connectivity index (χ0) is 24.2. The van der Waals surface area contributed by atoms with Crippen molar-refractivity contribution in [3.05, 3.63) is 131 Å². The third-order valence-corrected chi connectivity index (χ3v) is 8.58. The highest BCUT2D eigenvalue weighted by atomic mass is 15.1. The second-order valence-electron chi connectivity index (χ2n) is 10.6. The van der Waals surface area contributed by atoms with Gasteiger partial charge in [0.2, 0.25) is 0 Å². The van der Waals surface area contributed by atoms with Crippen LogP contribution in [0.3, 0.4) is 0 Å². The lowest BCUT2D eigenvalue weighted by Crippen LogP contribution is -2.23. The number of para-hydroxylation sites is 2. The summed E-state index contributed by atoms with van der Waals surface area (Å²) in [6.07, 6.45) is 10.6. The molecule has 0 heterocycles. The summed E-state index contributed by atoms with van der Waals surface area (Å²) < 4.78 is 0. The summed E-state index contributed by atoms with van der Waals surface area (Å²) in [6.45, 7) is 0. The summed E-state index contributed by atoms with van der Waals surface area (Å²) in [5, 5.41) is 0. The van der Waals surface area contributed by atoms with Crippen molar-refractivity contribution in [3.8, 4) is 0 Å². The predicted octanol–water partition coefficient (Wildman–Crippen LogP) is 8.08. The van der Waals surface area contributed by atoms with Gasteiger partial charge in [0, 0.05) is 47.8 Å². The van der Waals surface area contributed by atoms with Gasteiger partial charge in [0.1, 0.15) is 0 Å². The molecule has 0 radical (unpaired) electrons. The first-order valence-electron chi connectivity index (χ1n) is 13.3. The molecule has 0 aromatic heterocycles. The lowest BCUT2D eigenvalue weighted by molar-refractivity contribution is 0.332. The zero-order valence-electron chi connectivity index (χ0n) is 21.1. The van der Waals surface area contributed by atoms with Crippen LogP contribution in [0.1, 0.15) is 36.8 Å². The fourth-order valence-corrected chi connectivity index (χ4v) is 6.83. The van der Waals surface area contributed by atoms with E-state index < -0.39 is 0 Å². The smallest absolute Gasteiger partial charge is 0.0574 e. The molecule has 36 heavy (non-hydrogen) atoms. The van der Waals surface area contributed by atoms with Gasteiger partial charge in [-0.1, -0.05) is 85.7 Å². The Kier molecular flexibility index (Phi) is 5.02. The lowest BCUT2D eigenvalue weighted by Gasteiger charge is -2.34. The summed E-state index contributed by atoms with van der Waals surface area (Å²) in [4.78, 5) is 4.82. The van der Waals surface area contributed by atoms with E-state index in [0.717, 1.165) is 0 Å². The van der Waals surface area contributed by atoms with Crippen LogP contribution in [0.15, 0.2) is 119 Å². The number of rotatable bonds is 4. The van der Waals surface area contributed by atoms with Crippen LogP contribution in [0.4, 0.5) is 11.4 Å². The molecule has 2 nitrogen and oxygen atoms in total. The Balaban J connectivity index is 1.52. The van der Waals surface area contributed by atoms with Crippen molar-refractivity contribution in [2.45, 2.75) is 25.7 Å². The third kappa shape index (κ3) is 3.17. The van der Waals surface area contributed by atoms with Gasteiger partial charge < -0.3 is 9.80 Å². The highest BCUT2D eigenvalue weighted by molar-refractivity contribution is 6.13. The van der Waals surface area contributed by atoms with Crippen molar-refractivity contribution in [1.82, 2.24) is 0 Å². The average Bonchev–Trinajstić information content (AvgIpc) is 3.44. The van der Waals surface area contributed by atoms with Gasteiger partial charge in [-0.2, -0.15) is 0 Å². The standard InChI is InChI=1S/C34H32N2/c1-35(25-15-5-3-6-16-25)33-28-20-12-11-19-27(28)31-32(33)29-21-23-13-9-10-14-24(23)22-30(29)34(31)36(2)26-17-7-4-8-18-26/h3-8,11-12,15-24H,9-10,13-14H2,1-2H3/t23-,24+/m0/s1. The summed E-state index contributed by atoms with van der Waals surface area (Å²) in [7, 11) is 4.47. The fourth-order valence-electron chi connectivity index (χ4n) is 6.83. The molecule has 2 atom stereocenters. The second-order valence-corrected chi connectivity index (χ2v) is 10.6. The summed E-state index contributed by atoms with van der Waals surface area (Å²) in [5.74, 6) is 1.31. The SMILES string of the molecule is CN(C1=C2C(=C(N(C)c3ccccc3)c3ccccc32)C2=C[C@@H]3CCCC[C@@H]3C=C21)c1ccccc1. The maximum absolute atomic E-state index is 2.64. The third-order valence-electron chi connectivity index (χ3n) is 8.58. The highest BCUT2D eigenvalue weighted by Gasteiger charge is 2.44. The molecular weight excluding hydrogens is 436 g/mol. The Morgan fingerprint density at radius 1 is 0.528 bits per heavy atom. The zero-order valence-corrected chi connectivity index (χ0v) is 21.1. The molecule has 3 aromatic carbocycles. The summed E-state index contributed by atoms with van der Waals surface area (Å²) in [5.41, 5.74) is 13.5. The molecule has 7 rings (SSSR count). The van der Waals surface area contributed by atoms with Gasteiger partial charge in [-0.15, -0.1) is 0 Å². The molecule has 4 aliphatic rings. The molecule has 2 heteroatoms. The maximum Gasteiger partial charge on any atom is 0.0574 e. The Morgan fingerprint density at radius 2 is 1.03 bits per heavy atom. The molecule has 0 N–H and O–H groups in total. The van der Waals surface area contributed by atoms with Crippen molar-refractivity contribution < 1.29 is 0 Å². The van der Waals surface area contributed by atoms with E-state index in [2.05, 4.69) is 121 Å². The molecular formula is C34H32N2. The largest absolute Gasteiger partial charge is 0.344 e. The molecule has 4 aliphatic carbocycles. The molecule has 0 bridgehead atoms. The number of nitrogens with zero attached hydrogens (tertiary/aromatic N) is 2. The normalized spacial score (nSPS) is 21.8. The van der Waals surface area contributed by atoms with Gasteiger partial charge in [-0.05, 0) is 60.1 Å². The molecule has 0 aliphatic heterocycles. The molecule has 0 amide bonds. The van der Waals surface area contributed by atoms with E-state index in [-0.39, 0.29) is 0 Å². The number of anilines is 2. The van der Waals surface area contributed by atoms with Crippen molar-refractivity contribution in [1.29, 1.82) is 0 Å². The van der Waals surface area contributed by atoms with Gasteiger partial charge in [-0.3, -0.25) is 0 Å². The molecule has 178 valence electrons. The summed E-state index contributed by atoms with van der Waals surface area (Å²) in [6, 6.07) is 30.6. The van der Waals surface area contributed by atoms with Crippen molar-refractivity contribution in [2.24, 2.45) is 11.8 Å². The van der Waals surface area contributed by atoms with Crippen LogP contribution in [0, 0.1) is 11.8 Å². The van der Waals surface area contributed by atoms with Crippen molar-refractivity contribution in [2.75, 3.05) is 23.9 Å². The van der Waals surface area contributed by atoms with Crippen LogP contribution in [0.5, 0.6) is 0 Å². The number of hydrogen-bond acceptors (Lipinski definition) is 2. The molecule has 0 spiro atoms. The van der Waals surface area contributed by atoms with Gasteiger partial charge in [-0.25, -0.2) is 0 Å². The summed E-state index contributed by atoms with van der Waals surface area (Å²) >= 11 is 0. The average molecular weight is 469 g/mol. The van der Waals surface area contributed by atoms with E-state index in [0.29, 0.717) is 11.8 Å². The molecule has 1 fully saturated rings. The topological polar surface area (TPSA) is 6.48 Å². The highest BCUT2D eigenvalue weighted by Crippen LogP contribution is 2.58. The number of benzene rings is 3. The van der Waals surface area contributed by atoms with Gasteiger partial charge in [0.05, 0.1) is 11.4 Å². The number of fused-ring (bicyclic) bond motifs is 6. The van der Waals surface area contributed by atoms with Crippen LogP contribution >= 0.6 is 0 Å². The lowest BCUT2D eigenvalue weighted by atomic mass is 9.73. The van der Waals surface area contributed by atoms with Crippen LogP contribution in [0.25, 0.3) is 11.3 Å². The van der Waals surface area contributed by atoms with E-state index >= 15 is 0 Å². The molecule has 0 saturated heterocycles. The van der Waals surface area contributed by atoms with Crippen LogP contribution < -0.4 is 9.80 Å². The van der Waals surface area contributed by atoms with Crippen molar-refractivity contribution >= 4 is 22.6 Å². The molecule has 0 unspecified atom stereocenters. The van der Waals surface area contributed by atoms with Crippen molar-refractivity contribution in [3.63, 3.8) is 0 Å². The number of likely N-dealkylation sites (N-methyl/N-ethyl adjacent to an activating group) is 1. The Morgan fingerprint density at radius 3 is 1.64 bits per heavy atom. The van der Waals surface area contributed by atoms with Crippen LogP contribution in [0.2, 0.25) is 0 Å². The van der Waals surface area contributed by atoms with Gasteiger partial charge in [0.15, 0.2) is 0 Å². The van der Waals surface area contributed by atoms with E-state index in [1.54, 1.807) is 0 Å². The van der Waals surface area contributed by atoms with Gasteiger partial charge in [0.25, 0.3) is 0 Å². The first-order chi connectivity index (χ1) is 17.7. The second kappa shape index (κ2) is 8.41. The van der Waals surface area contributed by atoms with Crippen LogP contribution in [-0.4, -0.2) is 14.1 Å². The van der Waals surface area contributed by atoms with E-state index in [4.69, 9.17) is 0 Å². The fraction of sp³-hybridized carbons (Fsp3) is 0.235. The minimum Gasteiger partial charge on any atom is -0.344 e. The Labute approximate surface area is 214 Å². The number of hydrogen-bond donors (Lipinski definition) is 0. The Bertz CT molecular complexity index is 1460.